The maximum atomic E-state index is 6.20. The van der Waals surface area contributed by atoms with Gasteiger partial charge < -0.3 is 10.7 Å². The van der Waals surface area contributed by atoms with Crippen LogP contribution in [0.2, 0.25) is 0 Å². The molecule has 0 radical (unpaired) electrons. The molecule has 96 valence electrons. The first-order chi connectivity index (χ1) is 9.33. The molecule has 2 heterocycles. The molecule has 0 saturated carbocycles. The minimum Gasteiger partial charge on any atom is -0.341 e. The number of benzene rings is 1. The number of imidazole rings is 1. The van der Waals surface area contributed by atoms with E-state index in [2.05, 4.69) is 21.4 Å². The second-order valence-corrected chi connectivity index (χ2v) is 5.39. The van der Waals surface area contributed by atoms with Gasteiger partial charge in [0, 0.05) is 12.5 Å². The fraction of sp³-hybridized carbons (Fsp3) is 0.133. The molecular weight excluding hydrogens is 254 g/mol. The van der Waals surface area contributed by atoms with Gasteiger partial charge in [-0.25, -0.2) is 4.98 Å². The van der Waals surface area contributed by atoms with Gasteiger partial charge >= 0.3 is 0 Å². The van der Waals surface area contributed by atoms with Crippen molar-refractivity contribution in [3.63, 3.8) is 0 Å². The van der Waals surface area contributed by atoms with Crippen molar-refractivity contribution in [1.82, 2.24) is 9.97 Å². The highest BCUT2D eigenvalue weighted by Gasteiger charge is 2.10. The van der Waals surface area contributed by atoms with Crippen LogP contribution in [0.3, 0.4) is 0 Å². The van der Waals surface area contributed by atoms with E-state index in [0.717, 1.165) is 23.5 Å². The van der Waals surface area contributed by atoms with Gasteiger partial charge in [-0.3, -0.25) is 0 Å². The van der Waals surface area contributed by atoms with Gasteiger partial charge in [0.25, 0.3) is 0 Å². The zero-order chi connectivity index (χ0) is 13.1. The molecular formula is C15H15N3S. The normalized spacial score (nSPS) is 12.5. The molecule has 3 rings (SSSR count). The van der Waals surface area contributed by atoms with Gasteiger partial charge in [0.2, 0.25) is 0 Å². The van der Waals surface area contributed by atoms with Crippen molar-refractivity contribution in [2.45, 2.75) is 12.5 Å². The van der Waals surface area contributed by atoms with Crippen LogP contribution in [-0.4, -0.2) is 9.97 Å². The van der Waals surface area contributed by atoms with Crippen molar-refractivity contribution in [2.75, 3.05) is 0 Å². The summed E-state index contributed by atoms with van der Waals surface area (Å²) in [4.78, 5) is 8.95. The molecule has 0 aliphatic rings. The topological polar surface area (TPSA) is 54.7 Å². The van der Waals surface area contributed by atoms with E-state index in [9.17, 15) is 0 Å². The van der Waals surface area contributed by atoms with E-state index < -0.39 is 0 Å². The Morgan fingerprint density at radius 2 is 2.00 bits per heavy atom. The van der Waals surface area contributed by atoms with Crippen LogP contribution in [0.1, 0.15) is 17.4 Å². The average Bonchev–Trinajstić information content (AvgIpc) is 3.10. The Labute approximate surface area is 116 Å². The van der Waals surface area contributed by atoms with Gasteiger partial charge in [0.1, 0.15) is 5.82 Å². The van der Waals surface area contributed by atoms with Crippen molar-refractivity contribution < 1.29 is 0 Å². The highest BCUT2D eigenvalue weighted by atomic mass is 32.1. The largest absolute Gasteiger partial charge is 0.341 e. The van der Waals surface area contributed by atoms with E-state index in [0.29, 0.717) is 0 Å². The Bertz CT molecular complexity index is 628. The van der Waals surface area contributed by atoms with E-state index in [1.165, 1.54) is 4.88 Å². The summed E-state index contributed by atoms with van der Waals surface area (Å²) >= 11 is 1.70. The number of rotatable bonds is 4. The predicted molar refractivity (Wildman–Crippen MR) is 79.0 cm³/mol. The lowest BCUT2D eigenvalue weighted by molar-refractivity contribution is 0.695. The SMILES string of the molecule is NC(Cc1ncc(-c2cccs2)[nH]1)c1ccccc1. The summed E-state index contributed by atoms with van der Waals surface area (Å²) in [7, 11) is 0. The maximum absolute atomic E-state index is 6.20. The third kappa shape index (κ3) is 2.75. The summed E-state index contributed by atoms with van der Waals surface area (Å²) in [5.74, 6) is 0.930. The Morgan fingerprint density at radius 1 is 1.16 bits per heavy atom. The van der Waals surface area contributed by atoms with Gasteiger partial charge in [-0.15, -0.1) is 11.3 Å². The van der Waals surface area contributed by atoms with Gasteiger partial charge in [-0.1, -0.05) is 36.4 Å². The molecule has 1 atom stereocenters. The van der Waals surface area contributed by atoms with Gasteiger partial charge in [0.15, 0.2) is 0 Å². The molecule has 0 bridgehead atoms. The van der Waals surface area contributed by atoms with Crippen LogP contribution in [0.25, 0.3) is 10.6 Å². The van der Waals surface area contributed by atoms with Gasteiger partial charge in [0.05, 0.1) is 16.8 Å². The Kier molecular flexibility index (Phi) is 3.44. The van der Waals surface area contributed by atoms with Crippen molar-refractivity contribution >= 4 is 11.3 Å². The molecule has 1 aromatic carbocycles. The maximum Gasteiger partial charge on any atom is 0.108 e. The van der Waals surface area contributed by atoms with Crippen molar-refractivity contribution in [3.8, 4) is 10.6 Å². The Morgan fingerprint density at radius 3 is 2.74 bits per heavy atom. The fourth-order valence-corrected chi connectivity index (χ4v) is 2.74. The molecule has 2 aromatic heterocycles. The lowest BCUT2D eigenvalue weighted by Gasteiger charge is -2.09. The molecule has 0 amide bonds. The van der Waals surface area contributed by atoms with E-state index in [-0.39, 0.29) is 6.04 Å². The monoisotopic (exact) mass is 269 g/mol. The third-order valence-corrected chi connectivity index (χ3v) is 3.96. The molecule has 1 unspecified atom stereocenters. The van der Waals surface area contributed by atoms with Crippen LogP contribution < -0.4 is 5.73 Å². The van der Waals surface area contributed by atoms with Crippen molar-refractivity contribution in [3.05, 3.63) is 65.4 Å². The van der Waals surface area contributed by atoms with E-state index >= 15 is 0 Å². The van der Waals surface area contributed by atoms with Gasteiger partial charge in [-0.2, -0.15) is 0 Å². The van der Waals surface area contributed by atoms with Crippen LogP contribution in [0.5, 0.6) is 0 Å². The molecule has 4 heteroatoms. The molecule has 0 saturated heterocycles. The lowest BCUT2D eigenvalue weighted by Crippen LogP contribution is -2.13. The number of aromatic amines is 1. The van der Waals surface area contributed by atoms with Crippen molar-refractivity contribution in [1.29, 1.82) is 0 Å². The molecule has 0 spiro atoms. The first kappa shape index (κ1) is 12.1. The first-order valence-electron chi connectivity index (χ1n) is 6.21. The summed E-state index contributed by atoms with van der Waals surface area (Å²) in [6, 6.07) is 14.2. The molecule has 3 N–H and O–H groups in total. The van der Waals surface area contributed by atoms with Gasteiger partial charge in [-0.05, 0) is 17.0 Å². The minimum atomic E-state index is -0.0245. The standard InChI is InChI=1S/C15H15N3S/c16-12(11-5-2-1-3-6-11)9-15-17-10-13(18-15)14-7-4-8-19-14/h1-8,10,12H,9,16H2,(H,17,18). The molecule has 3 aromatic rings. The average molecular weight is 269 g/mol. The summed E-state index contributed by atoms with van der Waals surface area (Å²) in [6.07, 6.45) is 2.59. The summed E-state index contributed by atoms with van der Waals surface area (Å²) in [6.45, 7) is 0. The first-order valence-corrected chi connectivity index (χ1v) is 7.09. The second-order valence-electron chi connectivity index (χ2n) is 4.44. The van der Waals surface area contributed by atoms with Crippen LogP contribution >= 0.6 is 11.3 Å². The Balaban J connectivity index is 1.74. The highest BCUT2D eigenvalue weighted by molar-refractivity contribution is 7.13. The number of H-pyrrole nitrogens is 1. The predicted octanol–water partition coefficient (Wildman–Crippen LogP) is 3.38. The Hall–Kier alpha value is -1.91. The number of nitrogens with one attached hydrogen (secondary N) is 1. The minimum absolute atomic E-state index is 0.0245. The van der Waals surface area contributed by atoms with E-state index in [1.807, 2.05) is 42.6 Å². The summed E-state index contributed by atoms with van der Waals surface area (Å²) in [5, 5.41) is 2.06. The fourth-order valence-electron chi connectivity index (χ4n) is 2.05. The number of nitrogens with two attached hydrogens (primary N) is 1. The molecule has 0 aliphatic carbocycles. The summed E-state index contributed by atoms with van der Waals surface area (Å²) in [5.41, 5.74) is 8.39. The molecule has 0 aliphatic heterocycles. The van der Waals surface area contributed by atoms with Crippen LogP contribution in [-0.2, 0) is 6.42 Å². The number of aromatic nitrogens is 2. The van der Waals surface area contributed by atoms with E-state index in [1.54, 1.807) is 11.3 Å². The zero-order valence-electron chi connectivity index (χ0n) is 10.4. The van der Waals surface area contributed by atoms with E-state index in [4.69, 9.17) is 5.73 Å². The van der Waals surface area contributed by atoms with Crippen LogP contribution in [0.4, 0.5) is 0 Å². The third-order valence-electron chi connectivity index (χ3n) is 3.06. The second kappa shape index (κ2) is 5.38. The van der Waals surface area contributed by atoms with Crippen LogP contribution in [0, 0.1) is 0 Å². The zero-order valence-corrected chi connectivity index (χ0v) is 11.2. The number of hydrogen-bond donors (Lipinski definition) is 2. The number of nitrogens with zero attached hydrogens (tertiary/aromatic N) is 1. The number of hydrogen-bond acceptors (Lipinski definition) is 3. The highest BCUT2D eigenvalue weighted by Crippen LogP contribution is 2.23. The molecule has 0 fully saturated rings. The summed E-state index contributed by atoms with van der Waals surface area (Å²) < 4.78 is 0. The molecule has 19 heavy (non-hydrogen) atoms. The van der Waals surface area contributed by atoms with Crippen LogP contribution in [0.15, 0.2) is 54.0 Å². The smallest absolute Gasteiger partial charge is 0.108 e. The quantitative estimate of drug-likeness (QED) is 0.763. The number of thiophene rings is 1. The van der Waals surface area contributed by atoms with Crippen molar-refractivity contribution in [2.24, 2.45) is 5.73 Å². The molecule has 3 nitrogen and oxygen atoms in total. The lowest BCUT2D eigenvalue weighted by atomic mass is 10.0.